The van der Waals surface area contributed by atoms with Crippen LogP contribution in [0.4, 0.5) is 5.69 Å². The molecule has 0 amide bonds. The highest BCUT2D eigenvalue weighted by Gasteiger charge is 2.11. The van der Waals surface area contributed by atoms with Gasteiger partial charge in [0.05, 0.1) is 17.0 Å². The van der Waals surface area contributed by atoms with E-state index in [0.29, 0.717) is 0 Å². The van der Waals surface area contributed by atoms with Crippen molar-refractivity contribution in [2.45, 2.75) is 6.42 Å². The maximum atomic E-state index is 11.7. The number of aliphatic carboxylic acids is 1. The van der Waals surface area contributed by atoms with Crippen LogP contribution in [-0.4, -0.2) is 25.8 Å². The average Bonchev–Trinajstić information content (AvgIpc) is 2.69. The molecule has 1 heterocycles. The number of nitro groups is 1. The van der Waals surface area contributed by atoms with Gasteiger partial charge in [-0.25, -0.2) is 4.68 Å². The van der Waals surface area contributed by atoms with E-state index >= 15 is 0 Å². The molecule has 0 fully saturated rings. The molecule has 1 aromatic carbocycles. The SMILES string of the molecule is O=C(O)Cc1cc(=O)n(-c2cccc([N+](=O)[O-])c2)[nH]1. The van der Waals surface area contributed by atoms with Crippen LogP contribution in [0.2, 0.25) is 0 Å². The lowest BCUT2D eigenvalue weighted by Crippen LogP contribution is -2.13. The van der Waals surface area contributed by atoms with E-state index in [-0.39, 0.29) is 23.5 Å². The van der Waals surface area contributed by atoms with Crippen LogP contribution in [-0.2, 0) is 11.2 Å². The van der Waals surface area contributed by atoms with Gasteiger partial charge in [-0.05, 0) is 6.07 Å². The zero-order chi connectivity index (χ0) is 14.0. The maximum absolute atomic E-state index is 11.7. The number of H-pyrrole nitrogens is 1. The fraction of sp³-hybridized carbons (Fsp3) is 0.0909. The van der Waals surface area contributed by atoms with Gasteiger partial charge >= 0.3 is 5.97 Å². The van der Waals surface area contributed by atoms with Crippen molar-refractivity contribution < 1.29 is 14.8 Å². The maximum Gasteiger partial charge on any atom is 0.309 e. The molecule has 0 atom stereocenters. The smallest absolute Gasteiger partial charge is 0.309 e. The van der Waals surface area contributed by atoms with E-state index in [1.54, 1.807) is 0 Å². The van der Waals surface area contributed by atoms with Crippen molar-refractivity contribution in [1.82, 2.24) is 9.78 Å². The molecule has 0 bridgehead atoms. The molecule has 0 aliphatic rings. The van der Waals surface area contributed by atoms with Crippen molar-refractivity contribution in [2.75, 3.05) is 0 Å². The topological polar surface area (TPSA) is 118 Å². The summed E-state index contributed by atoms with van der Waals surface area (Å²) in [5.41, 5.74) is -0.129. The summed E-state index contributed by atoms with van der Waals surface area (Å²) in [5.74, 6) is -1.08. The first-order valence-electron chi connectivity index (χ1n) is 5.25. The molecule has 0 unspecified atom stereocenters. The molecular weight excluding hydrogens is 254 g/mol. The van der Waals surface area contributed by atoms with E-state index in [1.807, 2.05) is 0 Å². The third-order valence-electron chi connectivity index (χ3n) is 2.41. The molecular formula is C11H9N3O5. The van der Waals surface area contributed by atoms with Crippen LogP contribution in [0.25, 0.3) is 5.69 Å². The van der Waals surface area contributed by atoms with E-state index < -0.39 is 16.5 Å². The van der Waals surface area contributed by atoms with Crippen LogP contribution in [0.15, 0.2) is 35.1 Å². The van der Waals surface area contributed by atoms with Gasteiger partial charge in [0, 0.05) is 23.9 Å². The molecule has 0 saturated carbocycles. The molecule has 2 aromatic rings. The quantitative estimate of drug-likeness (QED) is 0.621. The van der Waals surface area contributed by atoms with Gasteiger partial charge in [0.15, 0.2) is 0 Å². The van der Waals surface area contributed by atoms with E-state index in [1.165, 1.54) is 24.3 Å². The number of nitro benzene ring substituents is 1. The Morgan fingerprint density at radius 1 is 1.42 bits per heavy atom. The van der Waals surface area contributed by atoms with E-state index in [9.17, 15) is 19.7 Å². The number of aromatic amines is 1. The molecule has 0 spiro atoms. The number of nitrogens with one attached hydrogen (secondary N) is 1. The first-order chi connectivity index (χ1) is 8.97. The molecule has 2 rings (SSSR count). The lowest BCUT2D eigenvalue weighted by atomic mass is 10.3. The number of aromatic nitrogens is 2. The highest BCUT2D eigenvalue weighted by atomic mass is 16.6. The summed E-state index contributed by atoms with van der Waals surface area (Å²) >= 11 is 0. The zero-order valence-electron chi connectivity index (χ0n) is 9.57. The predicted octanol–water partition coefficient (Wildman–Crippen LogP) is 0.701. The Bertz CT molecular complexity index is 700. The van der Waals surface area contributed by atoms with Gasteiger partial charge in [-0.3, -0.25) is 24.8 Å². The number of non-ortho nitro benzene ring substituents is 1. The summed E-state index contributed by atoms with van der Waals surface area (Å²) < 4.78 is 1.06. The van der Waals surface area contributed by atoms with E-state index in [2.05, 4.69) is 5.10 Å². The van der Waals surface area contributed by atoms with Crippen LogP contribution in [0.1, 0.15) is 5.69 Å². The number of carboxylic acid groups (broad SMARTS) is 1. The van der Waals surface area contributed by atoms with Crippen LogP contribution < -0.4 is 5.56 Å². The molecule has 0 saturated heterocycles. The van der Waals surface area contributed by atoms with Crippen molar-refractivity contribution in [3.63, 3.8) is 0 Å². The predicted molar refractivity (Wildman–Crippen MR) is 64.4 cm³/mol. The summed E-state index contributed by atoms with van der Waals surface area (Å²) in [5, 5.41) is 21.9. The minimum atomic E-state index is -1.08. The molecule has 2 N–H and O–H groups in total. The number of nitrogens with zero attached hydrogens (tertiary/aromatic N) is 2. The second kappa shape index (κ2) is 4.77. The Kier molecular flexibility index (Phi) is 3.15. The lowest BCUT2D eigenvalue weighted by molar-refractivity contribution is -0.384. The fourth-order valence-electron chi connectivity index (χ4n) is 1.64. The molecule has 19 heavy (non-hydrogen) atoms. The van der Waals surface area contributed by atoms with Gasteiger partial charge in [0.1, 0.15) is 0 Å². The van der Waals surface area contributed by atoms with Gasteiger partial charge < -0.3 is 5.11 Å². The summed E-state index contributed by atoms with van der Waals surface area (Å²) in [4.78, 5) is 32.3. The monoisotopic (exact) mass is 263 g/mol. The number of hydrogen-bond donors (Lipinski definition) is 2. The Morgan fingerprint density at radius 2 is 2.16 bits per heavy atom. The fourth-order valence-corrected chi connectivity index (χ4v) is 1.64. The van der Waals surface area contributed by atoms with Gasteiger partial charge in [-0.2, -0.15) is 0 Å². The first-order valence-corrected chi connectivity index (χ1v) is 5.25. The van der Waals surface area contributed by atoms with Crippen LogP contribution in [0.3, 0.4) is 0 Å². The lowest BCUT2D eigenvalue weighted by Gasteiger charge is -2.01. The summed E-state index contributed by atoms with van der Waals surface area (Å²) in [6.45, 7) is 0. The number of carbonyl (C=O) groups is 1. The van der Waals surface area contributed by atoms with Crippen LogP contribution in [0.5, 0.6) is 0 Å². The number of rotatable bonds is 4. The van der Waals surface area contributed by atoms with E-state index in [0.717, 1.165) is 10.7 Å². The van der Waals surface area contributed by atoms with Crippen molar-refractivity contribution in [3.8, 4) is 5.69 Å². The Balaban J connectivity index is 2.44. The van der Waals surface area contributed by atoms with Crippen LogP contribution >= 0.6 is 0 Å². The minimum Gasteiger partial charge on any atom is -0.481 e. The van der Waals surface area contributed by atoms with E-state index in [4.69, 9.17) is 5.11 Å². The summed E-state index contributed by atoms with van der Waals surface area (Å²) in [6, 6.07) is 6.62. The first kappa shape index (κ1) is 12.6. The number of carboxylic acids is 1. The van der Waals surface area contributed by atoms with Gasteiger partial charge in [-0.1, -0.05) is 6.07 Å². The molecule has 8 heteroatoms. The molecule has 0 aliphatic heterocycles. The second-order valence-electron chi connectivity index (χ2n) is 3.80. The Hall–Kier alpha value is -2.90. The molecule has 98 valence electrons. The number of benzene rings is 1. The van der Waals surface area contributed by atoms with Crippen LogP contribution in [0, 0.1) is 10.1 Å². The van der Waals surface area contributed by atoms with Gasteiger partial charge in [0.2, 0.25) is 0 Å². The Morgan fingerprint density at radius 3 is 2.79 bits per heavy atom. The third kappa shape index (κ3) is 2.68. The summed E-state index contributed by atoms with van der Waals surface area (Å²) in [6.07, 6.45) is -0.322. The molecule has 1 aromatic heterocycles. The Labute approximate surface area is 106 Å². The number of hydrogen-bond acceptors (Lipinski definition) is 4. The average molecular weight is 263 g/mol. The van der Waals surface area contributed by atoms with Crippen molar-refractivity contribution >= 4 is 11.7 Å². The highest BCUT2D eigenvalue weighted by Crippen LogP contribution is 2.15. The normalized spacial score (nSPS) is 10.3. The van der Waals surface area contributed by atoms with Crippen molar-refractivity contribution in [1.29, 1.82) is 0 Å². The standard InChI is InChI=1S/C11H9N3O5/c15-10-4-7(5-11(16)17)12-13(10)8-2-1-3-9(6-8)14(18)19/h1-4,6,12H,5H2,(H,16,17). The van der Waals surface area contributed by atoms with Crippen molar-refractivity contribution in [3.05, 3.63) is 56.5 Å². The summed E-state index contributed by atoms with van der Waals surface area (Å²) in [7, 11) is 0. The largest absolute Gasteiger partial charge is 0.481 e. The second-order valence-corrected chi connectivity index (χ2v) is 3.80. The van der Waals surface area contributed by atoms with Gasteiger partial charge in [0.25, 0.3) is 11.2 Å². The van der Waals surface area contributed by atoms with Crippen molar-refractivity contribution in [2.24, 2.45) is 0 Å². The minimum absolute atomic E-state index is 0.154. The third-order valence-corrected chi connectivity index (χ3v) is 2.41. The van der Waals surface area contributed by atoms with Gasteiger partial charge in [-0.15, -0.1) is 0 Å². The molecule has 8 nitrogen and oxygen atoms in total. The molecule has 0 radical (unpaired) electrons. The zero-order valence-corrected chi connectivity index (χ0v) is 9.57. The highest BCUT2D eigenvalue weighted by molar-refractivity contribution is 5.69. The molecule has 0 aliphatic carbocycles.